The predicted octanol–water partition coefficient (Wildman–Crippen LogP) is 2.99. The number of hydrogen-bond donors (Lipinski definition) is 0. The van der Waals surface area contributed by atoms with Gasteiger partial charge < -0.3 is 14.0 Å². The molecular weight excluding hydrogens is 270 g/mol. The smallest absolute Gasteiger partial charge is 0.229 e. The zero-order chi connectivity index (χ0) is 14.7. The first-order chi connectivity index (χ1) is 10.3. The fourth-order valence-electron chi connectivity index (χ4n) is 2.13. The van der Waals surface area contributed by atoms with E-state index in [4.69, 9.17) is 19.3 Å². The highest BCUT2D eigenvalue weighted by molar-refractivity contribution is 5.40. The van der Waals surface area contributed by atoms with E-state index in [0.29, 0.717) is 36.9 Å². The number of para-hydroxylation sites is 2. The van der Waals surface area contributed by atoms with Gasteiger partial charge in [0.05, 0.1) is 6.07 Å². The van der Waals surface area contributed by atoms with E-state index in [1.165, 1.54) is 0 Å². The van der Waals surface area contributed by atoms with E-state index in [2.05, 4.69) is 16.2 Å². The number of fused-ring (bicyclic) bond motifs is 1. The highest BCUT2D eigenvalue weighted by Gasteiger charge is 2.27. The minimum Gasteiger partial charge on any atom is -0.485 e. The Morgan fingerprint density at radius 1 is 1.38 bits per heavy atom. The van der Waals surface area contributed by atoms with Gasteiger partial charge in [-0.15, -0.1) is 0 Å². The molecule has 0 saturated heterocycles. The lowest BCUT2D eigenvalue weighted by atomic mass is 10.1. The highest BCUT2D eigenvalue weighted by atomic mass is 16.6. The van der Waals surface area contributed by atoms with Gasteiger partial charge in [-0.25, -0.2) is 0 Å². The van der Waals surface area contributed by atoms with Gasteiger partial charge in [-0.1, -0.05) is 24.2 Å². The lowest BCUT2D eigenvalue weighted by molar-refractivity contribution is 0.0832. The third-order valence-electron chi connectivity index (χ3n) is 3.36. The average molecular weight is 285 g/mol. The topological polar surface area (TPSA) is 81.2 Å². The summed E-state index contributed by atoms with van der Waals surface area (Å²) in [5.41, 5.74) is 0. The van der Waals surface area contributed by atoms with Gasteiger partial charge in [-0.2, -0.15) is 10.2 Å². The number of rotatable bonds is 4. The fraction of sp³-hybridized carbons (Fsp3) is 0.400. The minimum absolute atomic E-state index is 0.0581. The van der Waals surface area contributed by atoms with Crippen molar-refractivity contribution in [2.24, 2.45) is 0 Å². The summed E-state index contributed by atoms with van der Waals surface area (Å²) in [6.45, 7) is 2.31. The average Bonchev–Trinajstić information content (AvgIpc) is 3.02. The molecule has 3 rings (SSSR count). The van der Waals surface area contributed by atoms with Crippen molar-refractivity contribution in [3.8, 4) is 17.6 Å². The molecule has 1 aromatic carbocycles. The molecule has 0 radical (unpaired) electrons. The molecule has 0 amide bonds. The van der Waals surface area contributed by atoms with Crippen molar-refractivity contribution in [2.45, 2.75) is 31.8 Å². The maximum absolute atomic E-state index is 8.61. The Hall–Kier alpha value is -2.55. The lowest BCUT2D eigenvalue weighted by Gasteiger charge is -2.24. The van der Waals surface area contributed by atoms with Crippen LogP contribution in [0.1, 0.15) is 43.5 Å². The largest absolute Gasteiger partial charge is 0.485 e. The number of ether oxygens (including phenoxy) is 2. The first-order valence-electron chi connectivity index (χ1n) is 6.87. The van der Waals surface area contributed by atoms with Crippen molar-refractivity contribution in [3.63, 3.8) is 0 Å². The SMILES string of the molecule is CC(CCC#N)c1nc(C2COc3ccccc3O2)no1. The van der Waals surface area contributed by atoms with Crippen molar-refractivity contribution in [2.75, 3.05) is 6.61 Å². The first kappa shape index (κ1) is 13.4. The summed E-state index contributed by atoms with van der Waals surface area (Å²) in [5.74, 6) is 2.46. The van der Waals surface area contributed by atoms with E-state index in [0.717, 1.165) is 5.75 Å². The molecule has 0 saturated carbocycles. The van der Waals surface area contributed by atoms with Gasteiger partial charge in [0.25, 0.3) is 0 Å². The van der Waals surface area contributed by atoms with Crippen molar-refractivity contribution in [3.05, 3.63) is 36.0 Å². The van der Waals surface area contributed by atoms with Crippen LogP contribution in [-0.2, 0) is 0 Å². The van der Waals surface area contributed by atoms with Crippen LogP contribution in [0.15, 0.2) is 28.8 Å². The number of nitrogens with zero attached hydrogens (tertiary/aromatic N) is 3. The molecule has 21 heavy (non-hydrogen) atoms. The minimum atomic E-state index is -0.374. The third kappa shape index (κ3) is 2.82. The summed E-state index contributed by atoms with van der Waals surface area (Å²) < 4.78 is 16.7. The molecule has 6 nitrogen and oxygen atoms in total. The van der Waals surface area contributed by atoms with Crippen molar-refractivity contribution < 1.29 is 14.0 Å². The molecule has 0 fully saturated rings. The second kappa shape index (κ2) is 5.83. The molecule has 0 N–H and O–H groups in total. The second-order valence-corrected chi connectivity index (χ2v) is 4.95. The maximum atomic E-state index is 8.61. The molecule has 0 spiro atoms. The standard InChI is InChI=1S/C15H15N3O3/c1-10(5-4-8-16)15-17-14(18-21-15)13-9-19-11-6-2-3-7-12(11)20-13/h2-3,6-7,10,13H,4-5,9H2,1H3. The Labute approximate surface area is 122 Å². The van der Waals surface area contributed by atoms with Crippen LogP contribution in [-0.4, -0.2) is 16.7 Å². The Morgan fingerprint density at radius 3 is 3.00 bits per heavy atom. The molecule has 108 valence electrons. The van der Waals surface area contributed by atoms with E-state index in [-0.39, 0.29) is 12.0 Å². The van der Waals surface area contributed by atoms with Crippen LogP contribution in [0, 0.1) is 11.3 Å². The highest BCUT2D eigenvalue weighted by Crippen LogP contribution is 2.35. The van der Waals surface area contributed by atoms with E-state index in [9.17, 15) is 0 Å². The molecule has 1 aliphatic rings. The van der Waals surface area contributed by atoms with E-state index < -0.39 is 0 Å². The predicted molar refractivity (Wildman–Crippen MR) is 72.9 cm³/mol. The van der Waals surface area contributed by atoms with Gasteiger partial charge in [0.15, 0.2) is 17.6 Å². The number of hydrogen-bond acceptors (Lipinski definition) is 6. The Kier molecular flexibility index (Phi) is 3.73. The normalized spacial score (nSPS) is 18.0. The van der Waals surface area contributed by atoms with Gasteiger partial charge in [0, 0.05) is 12.3 Å². The molecule has 1 aliphatic heterocycles. The Morgan fingerprint density at radius 2 is 2.19 bits per heavy atom. The summed E-state index contributed by atoms with van der Waals surface area (Å²) in [5, 5.41) is 12.6. The van der Waals surface area contributed by atoms with Crippen LogP contribution in [0.25, 0.3) is 0 Å². The Balaban J connectivity index is 1.72. The van der Waals surface area contributed by atoms with Crippen LogP contribution < -0.4 is 9.47 Å². The van der Waals surface area contributed by atoms with E-state index in [1.54, 1.807) is 0 Å². The van der Waals surface area contributed by atoms with Crippen molar-refractivity contribution in [1.82, 2.24) is 10.1 Å². The van der Waals surface area contributed by atoms with E-state index >= 15 is 0 Å². The van der Waals surface area contributed by atoms with Gasteiger partial charge in [-0.05, 0) is 18.6 Å². The Bertz CT molecular complexity index is 662. The van der Waals surface area contributed by atoms with Gasteiger partial charge in [-0.3, -0.25) is 0 Å². The van der Waals surface area contributed by atoms with Crippen LogP contribution in [0.4, 0.5) is 0 Å². The van der Waals surface area contributed by atoms with Crippen molar-refractivity contribution >= 4 is 0 Å². The summed E-state index contributed by atoms with van der Waals surface area (Å²) in [6.07, 6.45) is 0.790. The molecule has 2 aromatic rings. The molecule has 6 heteroatoms. The molecule has 0 aliphatic carbocycles. The van der Waals surface area contributed by atoms with Crippen LogP contribution in [0.3, 0.4) is 0 Å². The molecule has 2 unspecified atom stereocenters. The zero-order valence-electron chi connectivity index (χ0n) is 11.7. The maximum Gasteiger partial charge on any atom is 0.229 e. The second-order valence-electron chi connectivity index (χ2n) is 4.95. The number of nitriles is 1. The zero-order valence-corrected chi connectivity index (χ0v) is 11.7. The van der Waals surface area contributed by atoms with Gasteiger partial charge in [0.2, 0.25) is 11.7 Å². The third-order valence-corrected chi connectivity index (χ3v) is 3.36. The number of benzene rings is 1. The summed E-state index contributed by atoms with van der Waals surface area (Å²) in [6, 6.07) is 9.60. The van der Waals surface area contributed by atoms with Gasteiger partial charge in [0.1, 0.15) is 6.61 Å². The van der Waals surface area contributed by atoms with Crippen LogP contribution in [0.2, 0.25) is 0 Å². The van der Waals surface area contributed by atoms with Crippen molar-refractivity contribution in [1.29, 1.82) is 5.26 Å². The quantitative estimate of drug-likeness (QED) is 0.859. The molecule has 2 heterocycles. The van der Waals surface area contributed by atoms with Crippen LogP contribution >= 0.6 is 0 Å². The van der Waals surface area contributed by atoms with Gasteiger partial charge >= 0.3 is 0 Å². The van der Waals surface area contributed by atoms with Crippen LogP contribution in [0.5, 0.6) is 11.5 Å². The fourth-order valence-corrected chi connectivity index (χ4v) is 2.13. The summed E-state index contributed by atoms with van der Waals surface area (Å²) in [4.78, 5) is 4.37. The molecule has 2 atom stereocenters. The molecule has 1 aromatic heterocycles. The number of aromatic nitrogens is 2. The van der Waals surface area contributed by atoms with E-state index in [1.807, 2.05) is 31.2 Å². The monoisotopic (exact) mass is 285 g/mol. The first-order valence-corrected chi connectivity index (χ1v) is 6.87. The summed E-state index contributed by atoms with van der Waals surface area (Å²) in [7, 11) is 0. The summed E-state index contributed by atoms with van der Waals surface area (Å²) >= 11 is 0. The molecular formula is C15H15N3O3. The molecule has 0 bridgehead atoms. The lowest BCUT2D eigenvalue weighted by Crippen LogP contribution is -2.22.